The van der Waals surface area contributed by atoms with Gasteiger partial charge in [0.2, 0.25) is 15.6 Å². The van der Waals surface area contributed by atoms with Gasteiger partial charge < -0.3 is 20.3 Å². The molecule has 1 aromatic heterocycles. The minimum atomic E-state index is -3.76. The molecule has 2 atom stereocenters. The second-order valence-corrected chi connectivity index (χ2v) is 12.8. The first kappa shape index (κ1) is 25.4. The molecule has 3 aromatic rings. The average Bonchev–Trinajstić information content (AvgIpc) is 3.10. The average molecular weight is 525 g/mol. The first-order chi connectivity index (χ1) is 17.4. The fourth-order valence-corrected chi connectivity index (χ4v) is 6.77. The van der Waals surface area contributed by atoms with E-state index in [0.29, 0.717) is 29.7 Å². The molecule has 9 nitrogen and oxygen atoms in total. The smallest absolute Gasteiger partial charge is 0.257 e. The van der Waals surface area contributed by atoms with Crippen molar-refractivity contribution in [2.75, 3.05) is 24.3 Å². The van der Waals surface area contributed by atoms with Crippen molar-refractivity contribution in [3.8, 4) is 0 Å². The molecule has 2 fully saturated rings. The number of nitrogens with zero attached hydrogens (tertiary/aromatic N) is 2. The Morgan fingerprint density at radius 2 is 1.78 bits per heavy atom. The first-order valence-electron chi connectivity index (χ1n) is 12.4. The number of nitrogens with one attached hydrogen (secondary N) is 2. The van der Waals surface area contributed by atoms with Crippen molar-refractivity contribution in [3.63, 3.8) is 0 Å². The van der Waals surface area contributed by atoms with Crippen LogP contribution in [0.5, 0.6) is 0 Å². The predicted octanol–water partition coefficient (Wildman–Crippen LogP) is 3.22. The third kappa shape index (κ3) is 4.65. The maximum Gasteiger partial charge on any atom is 0.257 e. The Bertz CT molecular complexity index is 1540. The van der Waals surface area contributed by atoms with Crippen LogP contribution >= 0.6 is 0 Å². The van der Waals surface area contributed by atoms with Crippen molar-refractivity contribution in [1.82, 2.24) is 9.29 Å². The van der Waals surface area contributed by atoms with Gasteiger partial charge >= 0.3 is 0 Å². The fraction of sp³-hybridized carbons (Fsp3) is 0.407. The van der Waals surface area contributed by atoms with Crippen molar-refractivity contribution in [3.05, 3.63) is 63.9 Å². The van der Waals surface area contributed by atoms with E-state index >= 15 is 0 Å². The number of aromatic amines is 1. The Morgan fingerprint density at radius 1 is 1.11 bits per heavy atom. The second-order valence-electron chi connectivity index (χ2n) is 10.7. The third-order valence-corrected chi connectivity index (χ3v) is 9.36. The van der Waals surface area contributed by atoms with Gasteiger partial charge in [0, 0.05) is 48.8 Å². The maximum absolute atomic E-state index is 13.7. The molecule has 10 heteroatoms. The van der Waals surface area contributed by atoms with Crippen LogP contribution in [0, 0.1) is 6.92 Å². The number of hydrogen-bond donors (Lipinski definition) is 3. The number of anilines is 2. The number of carbonyl (C=O) groups is 1. The minimum Gasteiger partial charge on any atom is -0.390 e. The number of fused-ring (bicyclic) bond motifs is 3. The summed E-state index contributed by atoms with van der Waals surface area (Å²) in [6, 6.07) is 11.6. The Labute approximate surface area is 216 Å². The van der Waals surface area contributed by atoms with E-state index in [9.17, 15) is 23.1 Å². The maximum atomic E-state index is 13.7. The number of carbonyl (C=O) groups excluding carboxylic acids is 1. The lowest BCUT2D eigenvalue weighted by Crippen LogP contribution is -2.50. The van der Waals surface area contributed by atoms with Gasteiger partial charge in [-0.1, -0.05) is 0 Å². The number of benzene rings is 2. The van der Waals surface area contributed by atoms with Gasteiger partial charge in [0.05, 0.1) is 21.7 Å². The Kier molecular flexibility index (Phi) is 6.17. The number of H-pyrrole nitrogens is 1. The zero-order valence-electron chi connectivity index (χ0n) is 21.4. The molecule has 1 amide bonds. The zero-order chi connectivity index (χ0) is 26.7. The van der Waals surface area contributed by atoms with Crippen LogP contribution in [0.2, 0.25) is 0 Å². The van der Waals surface area contributed by atoms with Gasteiger partial charge in [-0.3, -0.25) is 9.59 Å². The van der Waals surface area contributed by atoms with Gasteiger partial charge in [-0.05, 0) is 81.5 Å². The number of pyridine rings is 1. The highest BCUT2D eigenvalue weighted by Gasteiger charge is 2.46. The first-order valence-corrected chi connectivity index (χ1v) is 13.8. The Balaban J connectivity index is 1.57. The summed E-state index contributed by atoms with van der Waals surface area (Å²) < 4.78 is 26.9. The van der Waals surface area contributed by atoms with Crippen molar-refractivity contribution in [2.24, 2.45) is 0 Å². The van der Waals surface area contributed by atoms with E-state index in [1.54, 1.807) is 30.3 Å². The molecule has 2 aliphatic rings. The lowest BCUT2D eigenvalue weighted by atomic mass is 9.87. The van der Waals surface area contributed by atoms with E-state index < -0.39 is 21.5 Å². The van der Waals surface area contributed by atoms with Crippen LogP contribution in [0.3, 0.4) is 0 Å². The lowest BCUT2D eigenvalue weighted by Gasteiger charge is -2.44. The van der Waals surface area contributed by atoms with Crippen molar-refractivity contribution >= 4 is 38.2 Å². The number of aliphatic hydroxyl groups is 1. The van der Waals surface area contributed by atoms with Gasteiger partial charge in [0.25, 0.3) is 5.91 Å². The number of aryl methyl sites for hydroxylation is 1. The predicted molar refractivity (Wildman–Crippen MR) is 144 cm³/mol. The van der Waals surface area contributed by atoms with Crippen LogP contribution in [0.4, 0.5) is 11.4 Å². The largest absolute Gasteiger partial charge is 0.390 e. The second kappa shape index (κ2) is 8.97. The molecule has 0 aliphatic carbocycles. The van der Waals surface area contributed by atoms with Crippen LogP contribution in [0.1, 0.15) is 48.5 Å². The van der Waals surface area contributed by atoms with E-state index in [4.69, 9.17) is 0 Å². The molecule has 2 unspecified atom stereocenters. The summed E-state index contributed by atoms with van der Waals surface area (Å²) in [6.45, 7) is 3.68. The zero-order valence-corrected chi connectivity index (χ0v) is 22.2. The molecular formula is C27H32N4O5S. The molecule has 0 radical (unpaired) electrons. The quantitative estimate of drug-likeness (QED) is 0.471. The minimum absolute atomic E-state index is 0.0367. The molecule has 2 aliphatic heterocycles. The fourth-order valence-electron chi connectivity index (χ4n) is 5.85. The molecule has 5 rings (SSSR count). The molecule has 196 valence electrons. The van der Waals surface area contributed by atoms with Crippen LogP contribution in [-0.2, 0) is 10.0 Å². The Morgan fingerprint density at radius 3 is 2.43 bits per heavy atom. The summed E-state index contributed by atoms with van der Waals surface area (Å²) in [6.07, 6.45) is 2.98. The van der Waals surface area contributed by atoms with Gasteiger partial charge in [0.1, 0.15) is 0 Å². The van der Waals surface area contributed by atoms with Gasteiger partial charge in [-0.25, -0.2) is 12.7 Å². The molecule has 2 bridgehead atoms. The Hall–Kier alpha value is -3.21. The number of aromatic nitrogens is 1. The SMILES string of the molecule is Cc1cc(=O)[nH]c2ccc(NC(=O)c3cc(S(=O)(=O)N(C)C)ccc3N3C4CCC3CC(C)(O)C4)cc12. The molecule has 3 heterocycles. The van der Waals surface area contributed by atoms with Crippen LogP contribution in [0.25, 0.3) is 10.9 Å². The molecule has 2 aromatic carbocycles. The molecule has 0 saturated carbocycles. The van der Waals surface area contributed by atoms with Crippen LogP contribution in [-0.4, -0.2) is 60.5 Å². The van der Waals surface area contributed by atoms with E-state index in [-0.39, 0.29) is 28.1 Å². The summed E-state index contributed by atoms with van der Waals surface area (Å²) in [5.74, 6) is -0.427. The van der Waals surface area contributed by atoms with Crippen LogP contribution in [0.15, 0.2) is 52.2 Å². The number of amides is 1. The summed E-state index contributed by atoms with van der Waals surface area (Å²) in [4.78, 5) is 30.5. The number of hydrogen-bond acceptors (Lipinski definition) is 6. The monoisotopic (exact) mass is 524 g/mol. The van der Waals surface area contributed by atoms with Crippen molar-refractivity contribution in [1.29, 1.82) is 0 Å². The van der Waals surface area contributed by atoms with Gasteiger partial charge in [0.15, 0.2) is 0 Å². The number of rotatable bonds is 5. The highest BCUT2D eigenvalue weighted by molar-refractivity contribution is 7.89. The van der Waals surface area contributed by atoms with Crippen LogP contribution < -0.4 is 15.8 Å². The van der Waals surface area contributed by atoms with E-state index in [1.165, 1.54) is 26.2 Å². The van der Waals surface area contributed by atoms with E-state index in [1.807, 2.05) is 13.8 Å². The molecule has 0 spiro atoms. The summed E-state index contributed by atoms with van der Waals surface area (Å²) in [7, 11) is -0.849. The van der Waals surface area contributed by atoms with E-state index in [0.717, 1.165) is 28.1 Å². The van der Waals surface area contributed by atoms with Crippen molar-refractivity contribution < 1.29 is 18.3 Å². The number of sulfonamides is 1. The van der Waals surface area contributed by atoms with Gasteiger partial charge in [-0.2, -0.15) is 0 Å². The standard InChI is InChI=1S/C27H32N4O5S/c1-16-11-25(32)29-23-9-5-17(12-21(16)23)28-26(33)22-13-20(37(35,36)30(3)4)8-10-24(22)31-18-6-7-19(31)15-27(2,34)14-18/h5,8-13,18-19,34H,6-7,14-15H2,1-4H3,(H,28,33)(H,29,32). The third-order valence-electron chi connectivity index (χ3n) is 7.55. The highest BCUT2D eigenvalue weighted by Crippen LogP contribution is 2.44. The molecule has 2 saturated heterocycles. The summed E-state index contributed by atoms with van der Waals surface area (Å²) in [5.41, 5.74) is 1.96. The molecule has 3 N–H and O–H groups in total. The number of piperidine rings is 1. The molecule has 37 heavy (non-hydrogen) atoms. The lowest BCUT2D eigenvalue weighted by molar-refractivity contribution is 0.0199. The van der Waals surface area contributed by atoms with Gasteiger partial charge in [-0.15, -0.1) is 0 Å². The summed E-state index contributed by atoms with van der Waals surface area (Å²) >= 11 is 0. The highest BCUT2D eigenvalue weighted by atomic mass is 32.2. The molecular weight excluding hydrogens is 492 g/mol. The normalized spacial score (nSPS) is 23.6. The van der Waals surface area contributed by atoms with Crippen molar-refractivity contribution in [2.45, 2.75) is 62.1 Å². The topological polar surface area (TPSA) is 123 Å². The van der Waals surface area contributed by atoms with E-state index in [2.05, 4.69) is 15.2 Å². The summed E-state index contributed by atoms with van der Waals surface area (Å²) in [5, 5.41) is 14.5.